The van der Waals surface area contributed by atoms with Gasteiger partial charge in [-0.1, -0.05) is 18.2 Å². The molecule has 4 nitrogen and oxygen atoms in total. The van der Waals surface area contributed by atoms with Crippen LogP contribution in [0, 0.1) is 0 Å². The van der Waals surface area contributed by atoms with Gasteiger partial charge in [0.15, 0.2) is 0 Å². The van der Waals surface area contributed by atoms with Crippen molar-refractivity contribution in [2.75, 3.05) is 25.5 Å². The van der Waals surface area contributed by atoms with Crippen LogP contribution in [0.5, 0.6) is 0 Å². The van der Waals surface area contributed by atoms with Crippen LogP contribution in [-0.4, -0.2) is 37.0 Å². The molecule has 1 saturated carbocycles. The molecule has 0 aliphatic heterocycles. The highest BCUT2D eigenvalue weighted by atomic mass is 16.1. The molecular weight excluding hydrogens is 238 g/mol. The van der Waals surface area contributed by atoms with Gasteiger partial charge in [-0.25, -0.2) is 0 Å². The van der Waals surface area contributed by atoms with Crippen molar-refractivity contribution in [1.29, 1.82) is 0 Å². The molecule has 0 bridgehead atoms. The number of nitrogens with zero attached hydrogens (tertiary/aromatic N) is 1. The van der Waals surface area contributed by atoms with Crippen LogP contribution >= 0.6 is 0 Å². The first kappa shape index (κ1) is 14.0. The van der Waals surface area contributed by atoms with Gasteiger partial charge < -0.3 is 15.5 Å². The minimum absolute atomic E-state index is 0.0269. The Bertz CT molecular complexity index is 429. The van der Waals surface area contributed by atoms with Crippen molar-refractivity contribution >= 4 is 11.6 Å². The minimum Gasteiger partial charge on any atom is -0.326 e. The summed E-state index contributed by atoms with van der Waals surface area (Å²) in [6.07, 6.45) is 2.70. The molecule has 1 aromatic rings. The van der Waals surface area contributed by atoms with Gasteiger partial charge in [0.2, 0.25) is 5.91 Å². The SMILES string of the molecule is CC(=O)Nc1ccccc1CNCCN(C)C1CC1. The molecule has 2 rings (SSSR count). The van der Waals surface area contributed by atoms with Crippen molar-refractivity contribution in [1.82, 2.24) is 10.2 Å². The van der Waals surface area contributed by atoms with E-state index in [1.807, 2.05) is 24.3 Å². The highest BCUT2D eigenvalue weighted by Gasteiger charge is 2.25. The molecule has 104 valence electrons. The lowest BCUT2D eigenvalue weighted by Crippen LogP contribution is -2.30. The Kier molecular flexibility index (Phi) is 4.93. The number of anilines is 1. The van der Waals surface area contributed by atoms with Crippen LogP contribution in [0.4, 0.5) is 5.69 Å². The van der Waals surface area contributed by atoms with E-state index in [4.69, 9.17) is 0 Å². The normalized spacial score (nSPS) is 14.7. The molecule has 2 N–H and O–H groups in total. The summed E-state index contributed by atoms with van der Waals surface area (Å²) in [4.78, 5) is 13.5. The average Bonchev–Trinajstić information content (AvgIpc) is 3.19. The standard InChI is InChI=1S/C15H23N3O/c1-12(19)17-15-6-4-3-5-13(15)11-16-9-10-18(2)14-7-8-14/h3-6,14,16H,7-11H2,1-2H3,(H,17,19). The van der Waals surface area contributed by atoms with Gasteiger partial charge in [-0.15, -0.1) is 0 Å². The highest BCUT2D eigenvalue weighted by molar-refractivity contribution is 5.89. The smallest absolute Gasteiger partial charge is 0.221 e. The van der Waals surface area contributed by atoms with Gasteiger partial charge >= 0.3 is 0 Å². The first-order valence-corrected chi connectivity index (χ1v) is 6.93. The summed E-state index contributed by atoms with van der Waals surface area (Å²) in [6, 6.07) is 8.74. The molecule has 1 fully saturated rings. The van der Waals surface area contributed by atoms with Gasteiger partial charge in [-0.2, -0.15) is 0 Å². The Balaban J connectivity index is 1.76. The number of rotatable bonds is 7. The van der Waals surface area contributed by atoms with Crippen molar-refractivity contribution in [2.24, 2.45) is 0 Å². The summed E-state index contributed by atoms with van der Waals surface area (Å²) in [5.41, 5.74) is 2.03. The zero-order valence-electron chi connectivity index (χ0n) is 11.8. The summed E-state index contributed by atoms with van der Waals surface area (Å²) in [5, 5.41) is 6.30. The minimum atomic E-state index is -0.0269. The monoisotopic (exact) mass is 261 g/mol. The van der Waals surface area contributed by atoms with Gasteiger partial charge in [-0.05, 0) is 31.5 Å². The molecule has 0 spiro atoms. The largest absolute Gasteiger partial charge is 0.326 e. The number of para-hydroxylation sites is 1. The van der Waals surface area contributed by atoms with Gasteiger partial charge in [0, 0.05) is 38.3 Å². The predicted octanol–water partition coefficient (Wildman–Crippen LogP) is 1.83. The molecule has 0 atom stereocenters. The molecule has 0 radical (unpaired) electrons. The van der Waals surface area contributed by atoms with Crippen molar-refractivity contribution in [3.63, 3.8) is 0 Å². The second-order valence-electron chi connectivity index (χ2n) is 5.23. The fourth-order valence-electron chi connectivity index (χ4n) is 2.16. The van der Waals surface area contributed by atoms with Crippen LogP contribution in [0.3, 0.4) is 0 Å². The molecule has 1 aromatic carbocycles. The maximum Gasteiger partial charge on any atom is 0.221 e. The van der Waals surface area contributed by atoms with Crippen LogP contribution in [0.15, 0.2) is 24.3 Å². The van der Waals surface area contributed by atoms with Crippen molar-refractivity contribution in [3.8, 4) is 0 Å². The quantitative estimate of drug-likeness (QED) is 0.736. The molecule has 1 aliphatic carbocycles. The van der Waals surface area contributed by atoms with E-state index in [9.17, 15) is 4.79 Å². The van der Waals surface area contributed by atoms with Crippen LogP contribution in [0.25, 0.3) is 0 Å². The number of amides is 1. The molecule has 4 heteroatoms. The fraction of sp³-hybridized carbons (Fsp3) is 0.533. The summed E-state index contributed by atoms with van der Waals surface area (Å²) in [5.74, 6) is -0.0269. The van der Waals surface area contributed by atoms with E-state index < -0.39 is 0 Å². The van der Waals surface area contributed by atoms with Crippen LogP contribution in [-0.2, 0) is 11.3 Å². The second-order valence-corrected chi connectivity index (χ2v) is 5.23. The Labute approximate surface area is 115 Å². The highest BCUT2D eigenvalue weighted by Crippen LogP contribution is 2.24. The lowest BCUT2D eigenvalue weighted by Gasteiger charge is -2.16. The molecule has 0 unspecified atom stereocenters. The number of hydrogen-bond donors (Lipinski definition) is 2. The second kappa shape index (κ2) is 6.68. The molecule has 19 heavy (non-hydrogen) atoms. The lowest BCUT2D eigenvalue weighted by atomic mass is 10.1. The number of nitrogens with one attached hydrogen (secondary N) is 2. The molecular formula is C15H23N3O. The molecule has 0 aromatic heterocycles. The molecule has 0 heterocycles. The molecule has 1 aliphatic rings. The van der Waals surface area contributed by atoms with Crippen molar-refractivity contribution in [3.05, 3.63) is 29.8 Å². The fourth-order valence-corrected chi connectivity index (χ4v) is 2.16. The van der Waals surface area contributed by atoms with Crippen molar-refractivity contribution in [2.45, 2.75) is 32.4 Å². The van der Waals surface area contributed by atoms with E-state index in [2.05, 4.69) is 22.6 Å². The number of hydrogen-bond acceptors (Lipinski definition) is 3. The zero-order chi connectivity index (χ0) is 13.7. The Morgan fingerprint density at radius 1 is 1.37 bits per heavy atom. The van der Waals surface area contributed by atoms with Gasteiger partial charge in [0.05, 0.1) is 0 Å². The van der Waals surface area contributed by atoms with E-state index in [-0.39, 0.29) is 5.91 Å². The van der Waals surface area contributed by atoms with Gasteiger partial charge in [0.1, 0.15) is 0 Å². The Morgan fingerprint density at radius 2 is 2.11 bits per heavy atom. The average molecular weight is 261 g/mol. The molecule has 0 saturated heterocycles. The maximum atomic E-state index is 11.1. The van der Waals surface area contributed by atoms with Gasteiger partial charge in [0.25, 0.3) is 0 Å². The molecule has 1 amide bonds. The van der Waals surface area contributed by atoms with E-state index >= 15 is 0 Å². The number of likely N-dealkylation sites (N-methyl/N-ethyl adjacent to an activating group) is 1. The van der Waals surface area contributed by atoms with E-state index in [0.717, 1.165) is 36.9 Å². The maximum absolute atomic E-state index is 11.1. The number of benzene rings is 1. The van der Waals surface area contributed by atoms with Gasteiger partial charge in [-0.3, -0.25) is 4.79 Å². The summed E-state index contributed by atoms with van der Waals surface area (Å²) < 4.78 is 0. The first-order chi connectivity index (χ1) is 9.16. The predicted molar refractivity (Wildman–Crippen MR) is 78.1 cm³/mol. The van der Waals surface area contributed by atoms with E-state index in [1.165, 1.54) is 19.8 Å². The van der Waals surface area contributed by atoms with Crippen LogP contribution in [0.2, 0.25) is 0 Å². The Hall–Kier alpha value is -1.39. The lowest BCUT2D eigenvalue weighted by molar-refractivity contribution is -0.114. The summed E-state index contributed by atoms with van der Waals surface area (Å²) >= 11 is 0. The third kappa shape index (κ3) is 4.65. The van der Waals surface area contributed by atoms with E-state index in [0.29, 0.717) is 0 Å². The topological polar surface area (TPSA) is 44.4 Å². The third-order valence-electron chi connectivity index (χ3n) is 3.46. The Morgan fingerprint density at radius 3 is 2.79 bits per heavy atom. The summed E-state index contributed by atoms with van der Waals surface area (Å²) in [6.45, 7) is 4.37. The number of carbonyl (C=O) groups is 1. The summed E-state index contributed by atoms with van der Waals surface area (Å²) in [7, 11) is 2.19. The first-order valence-electron chi connectivity index (χ1n) is 6.93. The number of carbonyl (C=O) groups excluding carboxylic acids is 1. The zero-order valence-corrected chi connectivity index (χ0v) is 11.8. The van der Waals surface area contributed by atoms with Crippen LogP contribution < -0.4 is 10.6 Å². The van der Waals surface area contributed by atoms with Crippen LogP contribution in [0.1, 0.15) is 25.3 Å². The van der Waals surface area contributed by atoms with Crippen molar-refractivity contribution < 1.29 is 4.79 Å². The van der Waals surface area contributed by atoms with E-state index in [1.54, 1.807) is 0 Å². The third-order valence-corrected chi connectivity index (χ3v) is 3.46.